The van der Waals surface area contributed by atoms with Gasteiger partial charge in [-0.05, 0) is 49.1 Å². The highest BCUT2D eigenvalue weighted by Crippen LogP contribution is 2.32. The lowest BCUT2D eigenvalue weighted by Crippen LogP contribution is -2.21. The van der Waals surface area contributed by atoms with E-state index in [0.29, 0.717) is 23.6 Å². The van der Waals surface area contributed by atoms with Crippen molar-refractivity contribution in [2.24, 2.45) is 0 Å². The molecule has 1 atom stereocenters. The van der Waals surface area contributed by atoms with Crippen LogP contribution in [0.15, 0.2) is 54.7 Å². The van der Waals surface area contributed by atoms with Gasteiger partial charge in [-0.2, -0.15) is 4.98 Å². The Balaban J connectivity index is 1.51. The van der Waals surface area contributed by atoms with Gasteiger partial charge in [0.25, 0.3) is 5.78 Å². The Hall–Kier alpha value is -3.54. The van der Waals surface area contributed by atoms with Crippen LogP contribution in [-0.4, -0.2) is 32.5 Å². The topological polar surface area (TPSA) is 69.4 Å². The minimum Gasteiger partial charge on any atom is -0.497 e. The summed E-state index contributed by atoms with van der Waals surface area (Å²) >= 11 is 0. The Morgan fingerprint density at radius 1 is 1.00 bits per heavy atom. The van der Waals surface area contributed by atoms with Crippen LogP contribution in [0.1, 0.15) is 39.5 Å². The predicted molar refractivity (Wildman–Crippen MR) is 109 cm³/mol. The number of methoxy groups -OCH3 is 1. The summed E-state index contributed by atoms with van der Waals surface area (Å²) in [5.41, 5.74) is 4.71. The lowest BCUT2D eigenvalue weighted by Gasteiger charge is -2.23. The number of fused-ring (bicyclic) bond motifs is 2. The summed E-state index contributed by atoms with van der Waals surface area (Å²) in [7, 11) is 1.63. The molecule has 1 aliphatic carbocycles. The second kappa shape index (κ2) is 6.81. The number of hydrogen-bond acceptors (Lipinski definition) is 5. The van der Waals surface area contributed by atoms with E-state index in [9.17, 15) is 4.79 Å². The van der Waals surface area contributed by atoms with E-state index in [1.54, 1.807) is 17.8 Å². The van der Waals surface area contributed by atoms with Crippen molar-refractivity contribution in [1.29, 1.82) is 0 Å². The first kappa shape index (κ1) is 17.6. The van der Waals surface area contributed by atoms with Gasteiger partial charge < -0.3 is 4.74 Å². The van der Waals surface area contributed by atoms with Crippen LogP contribution >= 0.6 is 0 Å². The van der Waals surface area contributed by atoms with Crippen molar-refractivity contribution in [3.63, 3.8) is 0 Å². The first-order valence-electron chi connectivity index (χ1n) is 9.61. The van der Waals surface area contributed by atoms with Crippen molar-refractivity contribution in [3.8, 4) is 17.1 Å². The Kier molecular flexibility index (Phi) is 4.12. The maximum Gasteiger partial charge on any atom is 0.252 e. The van der Waals surface area contributed by atoms with Gasteiger partial charge in [0.15, 0.2) is 11.6 Å². The molecule has 2 heterocycles. The summed E-state index contributed by atoms with van der Waals surface area (Å²) in [6.07, 6.45) is 2.99. The van der Waals surface area contributed by atoms with Crippen LogP contribution in [0.3, 0.4) is 0 Å². The molecule has 0 aliphatic heterocycles. The van der Waals surface area contributed by atoms with Crippen molar-refractivity contribution >= 4 is 11.6 Å². The number of nitrogens with zero attached hydrogens (tertiary/aromatic N) is 4. The Bertz CT molecular complexity index is 1210. The summed E-state index contributed by atoms with van der Waals surface area (Å²) in [4.78, 5) is 22.1. The molecule has 5 rings (SSSR count). The van der Waals surface area contributed by atoms with Gasteiger partial charge in [-0.15, -0.1) is 5.10 Å². The molecule has 29 heavy (non-hydrogen) atoms. The SMILES string of the molecule is COc1ccc(-c2nc3nc4c(cn3n2)C(=O)C[C@@H](c2ccc(C)cc2)C4)cc1. The van der Waals surface area contributed by atoms with E-state index < -0.39 is 0 Å². The van der Waals surface area contributed by atoms with E-state index in [0.717, 1.165) is 23.4 Å². The van der Waals surface area contributed by atoms with Gasteiger partial charge in [-0.25, -0.2) is 9.50 Å². The van der Waals surface area contributed by atoms with Crippen molar-refractivity contribution in [3.05, 3.63) is 77.1 Å². The second-order valence-electron chi connectivity index (χ2n) is 7.45. The highest BCUT2D eigenvalue weighted by Gasteiger charge is 2.28. The lowest BCUT2D eigenvalue weighted by molar-refractivity contribution is 0.0962. The molecular weight excluding hydrogens is 364 g/mol. The van der Waals surface area contributed by atoms with Gasteiger partial charge in [0.1, 0.15) is 5.75 Å². The van der Waals surface area contributed by atoms with Crippen LogP contribution < -0.4 is 4.74 Å². The number of rotatable bonds is 3. The average Bonchev–Trinajstić information content (AvgIpc) is 3.16. The summed E-state index contributed by atoms with van der Waals surface area (Å²) < 4.78 is 6.80. The normalized spacial score (nSPS) is 16.1. The molecule has 0 bridgehead atoms. The smallest absolute Gasteiger partial charge is 0.252 e. The van der Waals surface area contributed by atoms with E-state index in [2.05, 4.69) is 46.3 Å². The van der Waals surface area contributed by atoms with Gasteiger partial charge in [0.05, 0.1) is 18.4 Å². The molecule has 6 heteroatoms. The van der Waals surface area contributed by atoms with Gasteiger partial charge >= 0.3 is 0 Å². The van der Waals surface area contributed by atoms with Gasteiger partial charge in [-0.1, -0.05) is 29.8 Å². The summed E-state index contributed by atoms with van der Waals surface area (Å²) in [6, 6.07) is 15.9. The maximum atomic E-state index is 12.8. The Morgan fingerprint density at radius 3 is 2.48 bits per heavy atom. The van der Waals surface area contributed by atoms with Crippen LogP contribution in [-0.2, 0) is 6.42 Å². The van der Waals surface area contributed by atoms with E-state index in [-0.39, 0.29) is 11.7 Å². The van der Waals surface area contributed by atoms with Crippen LogP contribution in [0.4, 0.5) is 0 Å². The molecule has 0 saturated carbocycles. The molecule has 2 aromatic heterocycles. The van der Waals surface area contributed by atoms with Crippen molar-refractivity contribution < 1.29 is 9.53 Å². The monoisotopic (exact) mass is 384 g/mol. The zero-order valence-corrected chi connectivity index (χ0v) is 16.3. The third kappa shape index (κ3) is 3.16. The molecule has 0 amide bonds. The molecule has 1 aliphatic rings. The second-order valence-corrected chi connectivity index (χ2v) is 7.45. The minimum atomic E-state index is 0.104. The first-order chi connectivity index (χ1) is 14.1. The molecule has 0 spiro atoms. The first-order valence-corrected chi connectivity index (χ1v) is 9.61. The fourth-order valence-corrected chi connectivity index (χ4v) is 3.82. The molecule has 0 unspecified atom stereocenters. The summed E-state index contributed by atoms with van der Waals surface area (Å²) in [5, 5.41) is 4.52. The number of ether oxygens (including phenoxy) is 1. The zero-order chi connectivity index (χ0) is 20.0. The number of benzene rings is 2. The molecule has 2 aromatic carbocycles. The lowest BCUT2D eigenvalue weighted by atomic mass is 9.82. The summed E-state index contributed by atoms with van der Waals surface area (Å²) in [5.74, 6) is 2.11. The molecule has 144 valence electrons. The van der Waals surface area contributed by atoms with Crippen molar-refractivity contribution in [2.45, 2.75) is 25.7 Å². The highest BCUT2D eigenvalue weighted by atomic mass is 16.5. The largest absolute Gasteiger partial charge is 0.497 e. The molecule has 0 saturated heterocycles. The molecule has 4 aromatic rings. The number of carbonyl (C=O) groups excluding carboxylic acids is 1. The van der Waals surface area contributed by atoms with Crippen LogP contribution in [0.5, 0.6) is 5.75 Å². The van der Waals surface area contributed by atoms with Crippen LogP contribution in [0.25, 0.3) is 17.2 Å². The minimum absolute atomic E-state index is 0.104. The summed E-state index contributed by atoms with van der Waals surface area (Å²) in [6.45, 7) is 2.06. The number of Topliss-reactive ketones (excluding diaryl/α,β-unsaturated/α-hetero) is 1. The number of hydrogen-bond donors (Lipinski definition) is 0. The average molecular weight is 384 g/mol. The molecule has 6 nitrogen and oxygen atoms in total. The number of ketones is 1. The van der Waals surface area contributed by atoms with Crippen LogP contribution in [0, 0.1) is 6.92 Å². The quantitative estimate of drug-likeness (QED) is 0.534. The highest BCUT2D eigenvalue weighted by molar-refractivity contribution is 5.98. The van der Waals surface area contributed by atoms with E-state index in [1.165, 1.54) is 11.1 Å². The number of aryl methyl sites for hydroxylation is 1. The van der Waals surface area contributed by atoms with Gasteiger partial charge in [-0.3, -0.25) is 4.79 Å². The van der Waals surface area contributed by atoms with E-state index in [4.69, 9.17) is 4.74 Å². The Morgan fingerprint density at radius 2 is 1.76 bits per heavy atom. The standard InChI is InChI=1S/C23H20N4O2/c1-14-3-5-15(6-4-14)17-11-20-19(21(28)12-17)13-27-23(24-20)25-22(26-27)16-7-9-18(29-2)10-8-16/h3-10,13,17H,11-12H2,1-2H3/t17-/m0/s1. The third-order valence-corrected chi connectivity index (χ3v) is 5.48. The third-order valence-electron chi connectivity index (χ3n) is 5.48. The van der Waals surface area contributed by atoms with Crippen molar-refractivity contribution in [1.82, 2.24) is 19.6 Å². The number of carbonyl (C=O) groups is 1. The zero-order valence-electron chi connectivity index (χ0n) is 16.3. The maximum absolute atomic E-state index is 12.8. The van der Waals surface area contributed by atoms with Crippen molar-refractivity contribution in [2.75, 3.05) is 7.11 Å². The fourth-order valence-electron chi connectivity index (χ4n) is 3.82. The molecule has 0 radical (unpaired) electrons. The number of aromatic nitrogens is 4. The van der Waals surface area contributed by atoms with Gasteiger partial charge in [0, 0.05) is 18.2 Å². The predicted octanol–water partition coefficient (Wildman–Crippen LogP) is 4.02. The molecule has 0 N–H and O–H groups in total. The Labute approximate surface area is 168 Å². The fraction of sp³-hybridized carbons (Fsp3) is 0.217. The van der Waals surface area contributed by atoms with Gasteiger partial charge in [0.2, 0.25) is 0 Å². The van der Waals surface area contributed by atoms with Crippen LogP contribution in [0.2, 0.25) is 0 Å². The molecule has 0 fully saturated rings. The molecular formula is C23H20N4O2. The van der Waals surface area contributed by atoms with E-state index in [1.807, 2.05) is 24.3 Å². The van der Waals surface area contributed by atoms with E-state index >= 15 is 0 Å².